The summed E-state index contributed by atoms with van der Waals surface area (Å²) in [5, 5.41) is 2.01. The van der Waals surface area contributed by atoms with Crippen LogP contribution in [-0.2, 0) is 24.3 Å². The Labute approximate surface area is 145 Å². The number of benzene rings is 1. The van der Waals surface area contributed by atoms with Crippen molar-refractivity contribution in [2.45, 2.75) is 26.4 Å². The Bertz CT molecular complexity index is 867. The molecule has 4 rings (SSSR count). The molecule has 0 bridgehead atoms. The molecule has 0 aliphatic carbocycles. The van der Waals surface area contributed by atoms with Crippen LogP contribution in [0.3, 0.4) is 0 Å². The van der Waals surface area contributed by atoms with E-state index in [9.17, 15) is 4.79 Å². The molecule has 0 fully saturated rings. The Kier molecular flexibility index (Phi) is 3.94. The first kappa shape index (κ1) is 15.1. The molecule has 5 heteroatoms. The minimum Gasteiger partial charge on any atom is -0.333 e. The average Bonchev–Trinajstić information content (AvgIpc) is 3.23. The molecule has 0 unspecified atom stereocenters. The molecule has 24 heavy (non-hydrogen) atoms. The van der Waals surface area contributed by atoms with E-state index in [1.807, 2.05) is 28.6 Å². The predicted molar refractivity (Wildman–Crippen MR) is 95.8 cm³/mol. The van der Waals surface area contributed by atoms with Gasteiger partial charge in [0.25, 0.3) is 0 Å². The molecular formula is C19H19N3OS. The molecule has 1 aliphatic heterocycles. The summed E-state index contributed by atoms with van der Waals surface area (Å²) in [6.45, 7) is 4.24. The third-order valence-electron chi connectivity index (χ3n) is 4.44. The zero-order valence-electron chi connectivity index (χ0n) is 13.6. The fourth-order valence-corrected chi connectivity index (χ4v) is 3.88. The molecular weight excluding hydrogens is 318 g/mol. The molecule has 2 aromatic heterocycles. The third-order valence-corrected chi connectivity index (χ3v) is 5.31. The van der Waals surface area contributed by atoms with Gasteiger partial charge in [-0.2, -0.15) is 0 Å². The summed E-state index contributed by atoms with van der Waals surface area (Å²) >= 11 is 1.64. The second-order valence-electron chi connectivity index (χ2n) is 6.15. The highest BCUT2D eigenvalue weighted by atomic mass is 32.1. The molecule has 0 radical (unpaired) electrons. The van der Waals surface area contributed by atoms with Gasteiger partial charge in [0.05, 0.1) is 24.9 Å². The number of aryl methyl sites for hydroxylation is 1. The molecule has 0 N–H and O–H groups in total. The van der Waals surface area contributed by atoms with Gasteiger partial charge < -0.3 is 9.47 Å². The lowest BCUT2D eigenvalue weighted by Gasteiger charge is -2.28. The summed E-state index contributed by atoms with van der Waals surface area (Å²) in [6, 6.07) is 12.5. The maximum atomic E-state index is 12.5. The first-order chi connectivity index (χ1) is 11.7. The molecule has 0 atom stereocenters. The van der Waals surface area contributed by atoms with Crippen molar-refractivity contribution in [1.29, 1.82) is 0 Å². The van der Waals surface area contributed by atoms with Crippen LogP contribution in [-0.4, -0.2) is 26.9 Å². The molecule has 122 valence electrons. The summed E-state index contributed by atoms with van der Waals surface area (Å²) in [5.41, 5.74) is 3.57. The number of carbonyl (C=O) groups excluding carboxylic acids is 1. The van der Waals surface area contributed by atoms with Crippen LogP contribution in [0.1, 0.15) is 16.3 Å². The van der Waals surface area contributed by atoms with Crippen LogP contribution in [0, 0.1) is 6.92 Å². The van der Waals surface area contributed by atoms with E-state index >= 15 is 0 Å². The van der Waals surface area contributed by atoms with Crippen LogP contribution in [0.25, 0.3) is 11.3 Å². The van der Waals surface area contributed by atoms with E-state index in [1.165, 1.54) is 11.1 Å². The van der Waals surface area contributed by atoms with E-state index in [1.54, 1.807) is 11.3 Å². The minimum absolute atomic E-state index is 0.184. The van der Waals surface area contributed by atoms with Gasteiger partial charge in [0, 0.05) is 23.5 Å². The molecule has 1 aliphatic rings. The number of rotatable bonds is 3. The largest absolute Gasteiger partial charge is 0.333 e. The fraction of sp³-hybridized carbons (Fsp3) is 0.263. The number of hydrogen-bond donors (Lipinski definition) is 0. The molecule has 0 saturated heterocycles. The number of nitrogens with zero attached hydrogens (tertiary/aromatic N) is 3. The Morgan fingerprint density at radius 2 is 2.17 bits per heavy atom. The summed E-state index contributed by atoms with van der Waals surface area (Å²) in [4.78, 5) is 20.1. The summed E-state index contributed by atoms with van der Waals surface area (Å²) < 4.78 is 2.24. The molecule has 1 amide bonds. The molecule has 3 heterocycles. The van der Waals surface area contributed by atoms with Crippen molar-refractivity contribution in [3.63, 3.8) is 0 Å². The maximum absolute atomic E-state index is 12.5. The van der Waals surface area contributed by atoms with E-state index in [4.69, 9.17) is 0 Å². The fourth-order valence-electron chi connectivity index (χ4n) is 3.18. The Balaban J connectivity index is 1.53. The van der Waals surface area contributed by atoms with Gasteiger partial charge in [-0.1, -0.05) is 29.8 Å². The third kappa shape index (κ3) is 2.87. The van der Waals surface area contributed by atoms with Gasteiger partial charge in [0.1, 0.15) is 5.82 Å². The predicted octanol–water partition coefficient (Wildman–Crippen LogP) is 3.50. The van der Waals surface area contributed by atoms with Gasteiger partial charge in [0.15, 0.2) is 0 Å². The highest BCUT2D eigenvalue weighted by Crippen LogP contribution is 2.25. The lowest BCUT2D eigenvalue weighted by atomic mass is 10.1. The van der Waals surface area contributed by atoms with Crippen molar-refractivity contribution in [2.75, 3.05) is 6.54 Å². The maximum Gasteiger partial charge on any atom is 0.228 e. The Hall–Kier alpha value is -2.40. The Morgan fingerprint density at radius 3 is 2.96 bits per heavy atom. The molecule has 4 nitrogen and oxygen atoms in total. The van der Waals surface area contributed by atoms with Crippen molar-refractivity contribution >= 4 is 17.2 Å². The highest BCUT2D eigenvalue weighted by molar-refractivity contribution is 7.10. The van der Waals surface area contributed by atoms with Gasteiger partial charge in [-0.25, -0.2) is 4.98 Å². The van der Waals surface area contributed by atoms with Crippen LogP contribution < -0.4 is 0 Å². The topological polar surface area (TPSA) is 38.1 Å². The number of amides is 1. The van der Waals surface area contributed by atoms with Crippen molar-refractivity contribution in [3.8, 4) is 11.3 Å². The van der Waals surface area contributed by atoms with Crippen LogP contribution in [0.4, 0.5) is 0 Å². The summed E-state index contributed by atoms with van der Waals surface area (Å²) in [5.74, 6) is 1.15. The standard InChI is InChI=1S/C19H19N3OS/c1-14-4-2-5-15(10-14)17-12-20-18-13-21(7-8-22(17)18)19(23)11-16-6-3-9-24-16/h2-6,9-10,12H,7-8,11,13H2,1H3. The SMILES string of the molecule is Cc1cccc(-c2cnc3n2CCN(C(=O)Cc2cccs2)C3)c1. The van der Waals surface area contributed by atoms with Crippen LogP contribution >= 0.6 is 11.3 Å². The van der Waals surface area contributed by atoms with Crippen molar-refractivity contribution in [1.82, 2.24) is 14.5 Å². The average molecular weight is 337 g/mol. The lowest BCUT2D eigenvalue weighted by Crippen LogP contribution is -2.39. The van der Waals surface area contributed by atoms with E-state index < -0.39 is 0 Å². The quantitative estimate of drug-likeness (QED) is 0.733. The van der Waals surface area contributed by atoms with Crippen LogP contribution in [0.15, 0.2) is 48.0 Å². The van der Waals surface area contributed by atoms with Gasteiger partial charge in [-0.05, 0) is 24.4 Å². The molecule has 1 aromatic carbocycles. The second kappa shape index (κ2) is 6.24. The zero-order chi connectivity index (χ0) is 16.5. The molecule has 0 saturated carbocycles. The van der Waals surface area contributed by atoms with Gasteiger partial charge in [0.2, 0.25) is 5.91 Å². The van der Waals surface area contributed by atoms with E-state index in [0.29, 0.717) is 13.0 Å². The monoisotopic (exact) mass is 337 g/mol. The number of fused-ring (bicyclic) bond motifs is 1. The first-order valence-electron chi connectivity index (χ1n) is 8.12. The summed E-state index contributed by atoms with van der Waals surface area (Å²) in [7, 11) is 0. The number of hydrogen-bond acceptors (Lipinski definition) is 3. The minimum atomic E-state index is 0.184. The number of imidazole rings is 1. The number of thiophene rings is 1. The molecule has 0 spiro atoms. The number of carbonyl (C=O) groups is 1. The van der Waals surface area contributed by atoms with Gasteiger partial charge in [-0.15, -0.1) is 11.3 Å². The van der Waals surface area contributed by atoms with E-state index in [2.05, 4.69) is 40.7 Å². The van der Waals surface area contributed by atoms with E-state index in [-0.39, 0.29) is 5.91 Å². The van der Waals surface area contributed by atoms with Gasteiger partial charge >= 0.3 is 0 Å². The highest BCUT2D eigenvalue weighted by Gasteiger charge is 2.24. The van der Waals surface area contributed by atoms with Crippen molar-refractivity contribution < 1.29 is 4.79 Å². The normalized spacial score (nSPS) is 13.8. The van der Waals surface area contributed by atoms with Crippen LogP contribution in [0.5, 0.6) is 0 Å². The smallest absolute Gasteiger partial charge is 0.228 e. The summed E-state index contributed by atoms with van der Waals surface area (Å²) in [6.07, 6.45) is 2.42. The zero-order valence-corrected chi connectivity index (χ0v) is 14.4. The van der Waals surface area contributed by atoms with Crippen molar-refractivity contribution in [3.05, 3.63) is 64.2 Å². The lowest BCUT2D eigenvalue weighted by molar-refractivity contribution is -0.131. The van der Waals surface area contributed by atoms with Gasteiger partial charge in [-0.3, -0.25) is 4.79 Å². The number of aromatic nitrogens is 2. The van der Waals surface area contributed by atoms with Crippen LogP contribution in [0.2, 0.25) is 0 Å². The second-order valence-corrected chi connectivity index (χ2v) is 7.18. The van der Waals surface area contributed by atoms with Crippen molar-refractivity contribution in [2.24, 2.45) is 0 Å². The van der Waals surface area contributed by atoms with E-state index in [0.717, 1.165) is 29.5 Å². The first-order valence-corrected chi connectivity index (χ1v) is 9.00. The Morgan fingerprint density at radius 1 is 1.25 bits per heavy atom. The molecule has 3 aromatic rings.